The van der Waals surface area contributed by atoms with Gasteiger partial charge in [-0.2, -0.15) is 0 Å². The Morgan fingerprint density at radius 2 is 1.88 bits per heavy atom. The van der Waals surface area contributed by atoms with E-state index in [2.05, 4.69) is 56.9 Å². The lowest BCUT2D eigenvalue weighted by Crippen LogP contribution is -2.07. The highest BCUT2D eigenvalue weighted by Gasteiger charge is 2.19. The summed E-state index contributed by atoms with van der Waals surface area (Å²) in [5, 5.41) is 3.54. The maximum Gasteiger partial charge on any atom is 0.135 e. The van der Waals surface area contributed by atoms with Gasteiger partial charge in [-0.3, -0.25) is 0 Å². The molecular weight excluding hydrogens is 294 g/mol. The van der Waals surface area contributed by atoms with Gasteiger partial charge in [0.05, 0.1) is 0 Å². The van der Waals surface area contributed by atoms with E-state index in [4.69, 9.17) is 4.74 Å². The number of hydrogen-bond donors (Lipinski definition) is 1. The van der Waals surface area contributed by atoms with Gasteiger partial charge in [0.2, 0.25) is 0 Å². The summed E-state index contributed by atoms with van der Waals surface area (Å²) in [6.07, 6.45) is 5.12. The van der Waals surface area contributed by atoms with Gasteiger partial charge in [-0.05, 0) is 68.7 Å². The van der Waals surface area contributed by atoms with Crippen molar-refractivity contribution in [1.82, 2.24) is 0 Å². The molecule has 0 amide bonds. The van der Waals surface area contributed by atoms with Crippen molar-refractivity contribution in [2.75, 3.05) is 5.32 Å². The topological polar surface area (TPSA) is 21.3 Å². The maximum atomic E-state index is 5.84. The number of para-hydroxylation sites is 1. The minimum atomic E-state index is 0.692. The van der Waals surface area contributed by atoms with E-state index in [9.17, 15) is 0 Å². The van der Waals surface area contributed by atoms with Crippen LogP contribution in [0.1, 0.15) is 31.9 Å². The number of anilines is 2. The fraction of sp³-hybridized carbons (Fsp3) is 0.182. The van der Waals surface area contributed by atoms with Gasteiger partial charge in [0.25, 0.3) is 0 Å². The van der Waals surface area contributed by atoms with Crippen molar-refractivity contribution in [3.05, 3.63) is 83.7 Å². The predicted molar refractivity (Wildman–Crippen MR) is 103 cm³/mol. The Hall–Kier alpha value is -2.74. The summed E-state index contributed by atoms with van der Waals surface area (Å²) in [5.41, 5.74) is 7.11. The van der Waals surface area contributed by atoms with Crippen LogP contribution in [0.15, 0.2) is 72.5 Å². The summed E-state index contributed by atoms with van der Waals surface area (Å²) in [4.78, 5) is 0. The number of fused-ring (bicyclic) bond motifs is 1. The molecule has 1 N–H and O–H groups in total. The quantitative estimate of drug-likeness (QED) is 0.673. The maximum absolute atomic E-state index is 5.84. The number of benzene rings is 2. The molecule has 0 atom stereocenters. The molecule has 0 saturated carbocycles. The second-order valence-corrected chi connectivity index (χ2v) is 6.34. The van der Waals surface area contributed by atoms with Gasteiger partial charge in [0.1, 0.15) is 11.5 Å². The zero-order valence-electron chi connectivity index (χ0n) is 14.5. The molecule has 0 fully saturated rings. The SMILES string of the molecule is C=C1C=C(C)c2c(ccc(Nc3ccccc3)c2CC=C(C)C)O1. The van der Waals surface area contributed by atoms with Crippen LogP contribution in [-0.2, 0) is 6.42 Å². The summed E-state index contributed by atoms with van der Waals surface area (Å²) in [6.45, 7) is 10.3. The second kappa shape index (κ2) is 6.79. The second-order valence-electron chi connectivity index (χ2n) is 6.34. The lowest BCUT2D eigenvalue weighted by atomic mass is 9.93. The van der Waals surface area contributed by atoms with Crippen LogP contribution >= 0.6 is 0 Å². The molecule has 2 heteroatoms. The van der Waals surface area contributed by atoms with Crippen LogP contribution in [0.5, 0.6) is 5.75 Å². The molecule has 2 aromatic rings. The van der Waals surface area contributed by atoms with Gasteiger partial charge in [0.15, 0.2) is 0 Å². The highest BCUT2D eigenvalue weighted by atomic mass is 16.5. The normalized spacial score (nSPS) is 12.8. The van der Waals surface area contributed by atoms with Crippen LogP contribution in [0.4, 0.5) is 11.4 Å². The smallest absolute Gasteiger partial charge is 0.135 e. The van der Waals surface area contributed by atoms with E-state index in [1.807, 2.05) is 30.3 Å². The van der Waals surface area contributed by atoms with Crippen molar-refractivity contribution < 1.29 is 4.74 Å². The van der Waals surface area contributed by atoms with Crippen molar-refractivity contribution in [2.24, 2.45) is 0 Å². The first-order chi connectivity index (χ1) is 11.5. The van der Waals surface area contributed by atoms with Crippen LogP contribution in [0.25, 0.3) is 5.57 Å². The van der Waals surface area contributed by atoms with Gasteiger partial charge in [-0.25, -0.2) is 0 Å². The van der Waals surface area contributed by atoms with E-state index >= 15 is 0 Å². The summed E-state index contributed by atoms with van der Waals surface area (Å²) in [7, 11) is 0. The van der Waals surface area contributed by atoms with Crippen molar-refractivity contribution in [3.8, 4) is 5.75 Å². The highest BCUT2D eigenvalue weighted by Crippen LogP contribution is 2.40. The zero-order chi connectivity index (χ0) is 17.1. The zero-order valence-corrected chi connectivity index (χ0v) is 14.5. The molecule has 24 heavy (non-hydrogen) atoms. The number of allylic oxidation sites excluding steroid dienone is 4. The van der Waals surface area contributed by atoms with Gasteiger partial charge in [-0.1, -0.05) is 36.4 Å². The lowest BCUT2D eigenvalue weighted by molar-refractivity contribution is 0.440. The predicted octanol–water partition coefficient (Wildman–Crippen LogP) is 6.25. The summed E-state index contributed by atoms with van der Waals surface area (Å²) in [6, 6.07) is 14.4. The summed E-state index contributed by atoms with van der Waals surface area (Å²) >= 11 is 0. The summed E-state index contributed by atoms with van der Waals surface area (Å²) in [5.74, 6) is 1.58. The molecular formula is C22H23NO. The van der Waals surface area contributed by atoms with Gasteiger partial charge < -0.3 is 10.1 Å². The average Bonchev–Trinajstić information content (AvgIpc) is 2.54. The van der Waals surface area contributed by atoms with Gasteiger partial charge in [-0.15, -0.1) is 0 Å². The Morgan fingerprint density at radius 1 is 1.12 bits per heavy atom. The molecule has 122 valence electrons. The van der Waals surface area contributed by atoms with E-state index in [-0.39, 0.29) is 0 Å². The van der Waals surface area contributed by atoms with E-state index in [0.29, 0.717) is 5.76 Å². The number of nitrogens with one attached hydrogen (secondary N) is 1. The van der Waals surface area contributed by atoms with Crippen molar-refractivity contribution in [3.63, 3.8) is 0 Å². The van der Waals surface area contributed by atoms with E-state index in [1.54, 1.807) is 0 Å². The van der Waals surface area contributed by atoms with Crippen LogP contribution in [0.3, 0.4) is 0 Å². The van der Waals surface area contributed by atoms with E-state index in [0.717, 1.165) is 23.5 Å². The molecule has 0 bridgehead atoms. The summed E-state index contributed by atoms with van der Waals surface area (Å²) < 4.78 is 5.84. The standard InChI is InChI=1S/C22H23NO/c1-15(2)10-11-19-20(23-18-8-6-5-7-9-18)12-13-21-22(19)16(3)14-17(4)24-21/h5-10,12-14,23H,4,11H2,1-3H3. The fourth-order valence-corrected chi connectivity index (χ4v) is 2.94. The average molecular weight is 317 g/mol. The third kappa shape index (κ3) is 3.43. The molecule has 0 saturated heterocycles. The van der Waals surface area contributed by atoms with Crippen molar-refractivity contribution in [1.29, 1.82) is 0 Å². The van der Waals surface area contributed by atoms with Crippen molar-refractivity contribution in [2.45, 2.75) is 27.2 Å². The molecule has 2 nitrogen and oxygen atoms in total. The fourth-order valence-electron chi connectivity index (χ4n) is 2.94. The first-order valence-corrected chi connectivity index (χ1v) is 8.21. The van der Waals surface area contributed by atoms with Crippen LogP contribution in [0.2, 0.25) is 0 Å². The Labute approximate surface area is 144 Å². The minimum Gasteiger partial charge on any atom is -0.457 e. The number of rotatable bonds is 4. The Morgan fingerprint density at radius 3 is 2.58 bits per heavy atom. The lowest BCUT2D eigenvalue weighted by Gasteiger charge is -2.23. The minimum absolute atomic E-state index is 0.692. The molecule has 0 unspecified atom stereocenters. The molecule has 1 aliphatic rings. The molecule has 0 spiro atoms. The molecule has 0 aromatic heterocycles. The van der Waals surface area contributed by atoms with E-state index < -0.39 is 0 Å². The Balaban J connectivity index is 2.09. The molecule has 2 aromatic carbocycles. The van der Waals surface area contributed by atoms with Crippen LogP contribution < -0.4 is 10.1 Å². The number of ether oxygens (including phenoxy) is 1. The van der Waals surface area contributed by atoms with E-state index in [1.165, 1.54) is 22.3 Å². The number of hydrogen-bond acceptors (Lipinski definition) is 2. The first kappa shape index (κ1) is 16.1. The molecule has 3 rings (SSSR count). The highest BCUT2D eigenvalue weighted by molar-refractivity contribution is 5.81. The third-order valence-corrected chi connectivity index (χ3v) is 4.05. The molecule has 0 aliphatic carbocycles. The van der Waals surface area contributed by atoms with Crippen LogP contribution in [-0.4, -0.2) is 0 Å². The largest absolute Gasteiger partial charge is 0.457 e. The van der Waals surface area contributed by atoms with Gasteiger partial charge >= 0.3 is 0 Å². The van der Waals surface area contributed by atoms with Crippen LogP contribution in [0, 0.1) is 0 Å². The molecule has 0 radical (unpaired) electrons. The first-order valence-electron chi connectivity index (χ1n) is 8.21. The Kier molecular flexibility index (Phi) is 4.57. The van der Waals surface area contributed by atoms with Gasteiger partial charge in [0, 0.05) is 16.9 Å². The monoisotopic (exact) mass is 317 g/mol. The molecule has 1 heterocycles. The third-order valence-electron chi connectivity index (χ3n) is 4.05. The molecule has 1 aliphatic heterocycles. The van der Waals surface area contributed by atoms with Crippen molar-refractivity contribution >= 4 is 16.9 Å². The Bertz CT molecular complexity index is 825.